The third kappa shape index (κ3) is 6.75. The van der Waals surface area contributed by atoms with Crippen LogP contribution in [0.3, 0.4) is 0 Å². The fraction of sp³-hybridized carbons (Fsp3) is 0.600. The summed E-state index contributed by atoms with van der Waals surface area (Å²) in [6, 6.07) is 4.26. The maximum absolute atomic E-state index is 12.7. The molecule has 0 aromatic heterocycles. The first kappa shape index (κ1) is 25.3. The van der Waals surface area contributed by atoms with Gasteiger partial charge in [0.2, 0.25) is 10.0 Å². The molecule has 1 aliphatic heterocycles. The molecule has 0 bridgehead atoms. The van der Waals surface area contributed by atoms with Gasteiger partial charge >= 0.3 is 5.97 Å². The molecule has 1 fully saturated rings. The first-order chi connectivity index (χ1) is 14.4. The van der Waals surface area contributed by atoms with Crippen LogP contribution >= 0.6 is 0 Å². The summed E-state index contributed by atoms with van der Waals surface area (Å²) in [6.07, 6.45) is 0.960. The van der Waals surface area contributed by atoms with E-state index < -0.39 is 50.4 Å². The number of esters is 1. The predicted molar refractivity (Wildman–Crippen MR) is 116 cm³/mol. The minimum absolute atomic E-state index is 0.0132. The third-order valence-electron chi connectivity index (χ3n) is 5.31. The Morgan fingerprint density at radius 2 is 1.84 bits per heavy atom. The number of nitrogens with one attached hydrogen (secondary N) is 1. The molecule has 2 unspecified atom stereocenters. The third-order valence-corrected chi connectivity index (χ3v) is 8.62. The number of carbonyl (C=O) groups is 2. The van der Waals surface area contributed by atoms with Crippen LogP contribution in [0.5, 0.6) is 0 Å². The summed E-state index contributed by atoms with van der Waals surface area (Å²) in [5.41, 5.74) is 0.894. The first-order valence-corrected chi connectivity index (χ1v) is 13.4. The largest absolute Gasteiger partial charge is 0.454 e. The van der Waals surface area contributed by atoms with Crippen LogP contribution in [0.15, 0.2) is 29.2 Å². The Morgan fingerprint density at radius 1 is 1.23 bits per heavy atom. The highest BCUT2D eigenvalue weighted by atomic mass is 32.2. The molecule has 1 aliphatic rings. The molecule has 31 heavy (non-hydrogen) atoms. The topological polar surface area (TPSA) is 127 Å². The smallest absolute Gasteiger partial charge is 0.324 e. The molecule has 1 heterocycles. The van der Waals surface area contributed by atoms with Crippen LogP contribution in [-0.4, -0.2) is 69.9 Å². The van der Waals surface area contributed by atoms with E-state index in [0.717, 1.165) is 5.56 Å². The van der Waals surface area contributed by atoms with Crippen molar-refractivity contribution in [2.45, 2.75) is 63.6 Å². The lowest BCUT2D eigenvalue weighted by atomic mass is 10.1. The number of rotatable bonds is 9. The number of amides is 1. The van der Waals surface area contributed by atoms with Crippen molar-refractivity contribution < 1.29 is 31.2 Å². The summed E-state index contributed by atoms with van der Waals surface area (Å²) >= 11 is 0. The van der Waals surface area contributed by atoms with Gasteiger partial charge in [-0.2, -0.15) is 4.72 Å². The highest BCUT2D eigenvalue weighted by Gasteiger charge is 2.37. The highest BCUT2D eigenvalue weighted by molar-refractivity contribution is 7.91. The molecule has 174 valence electrons. The number of sulfone groups is 1. The van der Waals surface area contributed by atoms with Gasteiger partial charge in [-0.25, -0.2) is 16.8 Å². The molecule has 0 spiro atoms. The predicted octanol–water partition coefficient (Wildman–Crippen LogP) is 1.02. The van der Waals surface area contributed by atoms with Crippen LogP contribution in [0.4, 0.5) is 0 Å². The zero-order chi connectivity index (χ0) is 23.4. The molecule has 3 atom stereocenters. The van der Waals surface area contributed by atoms with Crippen molar-refractivity contribution >= 4 is 31.7 Å². The lowest BCUT2D eigenvalue weighted by Crippen LogP contribution is -2.49. The number of hydrogen-bond donors (Lipinski definition) is 1. The van der Waals surface area contributed by atoms with Gasteiger partial charge in [0.15, 0.2) is 16.4 Å². The van der Waals surface area contributed by atoms with E-state index in [4.69, 9.17) is 4.74 Å². The van der Waals surface area contributed by atoms with Crippen LogP contribution in [0, 0.1) is 6.92 Å². The van der Waals surface area contributed by atoms with Crippen LogP contribution < -0.4 is 4.72 Å². The summed E-state index contributed by atoms with van der Waals surface area (Å²) < 4.78 is 55.7. The van der Waals surface area contributed by atoms with Crippen LogP contribution in [0.2, 0.25) is 0 Å². The van der Waals surface area contributed by atoms with Gasteiger partial charge in [-0.15, -0.1) is 0 Å². The van der Waals surface area contributed by atoms with Crippen LogP contribution in [0.1, 0.15) is 39.2 Å². The van der Waals surface area contributed by atoms with Gasteiger partial charge in [0.25, 0.3) is 5.91 Å². The van der Waals surface area contributed by atoms with E-state index in [0.29, 0.717) is 12.8 Å². The Kier molecular flexibility index (Phi) is 8.23. The number of sulfonamides is 1. The van der Waals surface area contributed by atoms with Gasteiger partial charge in [0.05, 0.1) is 16.4 Å². The minimum Gasteiger partial charge on any atom is -0.454 e. The van der Waals surface area contributed by atoms with Crippen molar-refractivity contribution in [3.63, 3.8) is 0 Å². The molecule has 0 saturated carbocycles. The second kappa shape index (κ2) is 10.1. The zero-order valence-electron chi connectivity index (χ0n) is 18.2. The van der Waals surface area contributed by atoms with Crippen molar-refractivity contribution in [2.75, 3.05) is 18.1 Å². The van der Waals surface area contributed by atoms with Gasteiger partial charge in [0, 0.05) is 12.1 Å². The van der Waals surface area contributed by atoms with Crippen molar-refractivity contribution in [3.8, 4) is 0 Å². The molecule has 1 amide bonds. The fourth-order valence-electron chi connectivity index (χ4n) is 3.40. The SMILES string of the molecule is CCC(C)N(C(=O)COC(=O)[C@H](C)NS(=O)(=O)c1ccc(C)cc1)C1CCS(=O)(=O)C1. The Bertz CT molecular complexity index is 1000. The molecule has 0 aliphatic carbocycles. The molecule has 11 heteroatoms. The molecular weight excluding hydrogens is 444 g/mol. The molecular formula is C20H30N2O7S2. The van der Waals surface area contributed by atoms with Crippen molar-refractivity contribution in [3.05, 3.63) is 29.8 Å². The van der Waals surface area contributed by atoms with E-state index >= 15 is 0 Å². The van der Waals surface area contributed by atoms with Gasteiger partial charge in [-0.1, -0.05) is 24.6 Å². The number of hydrogen-bond acceptors (Lipinski definition) is 7. The fourth-order valence-corrected chi connectivity index (χ4v) is 6.30. The van der Waals surface area contributed by atoms with Gasteiger partial charge in [-0.3, -0.25) is 9.59 Å². The minimum atomic E-state index is -3.93. The standard InChI is InChI=1S/C20H30N2O7S2/c1-5-15(3)22(17-10-11-30(25,26)13-17)19(23)12-29-20(24)16(4)21-31(27,28)18-8-6-14(2)7-9-18/h6-9,15-17,21H,5,10-13H2,1-4H3/t15?,16-,17?/m0/s1. The molecule has 2 rings (SSSR count). The van der Waals surface area contributed by atoms with E-state index in [1.807, 2.05) is 20.8 Å². The Balaban J connectivity index is 1.99. The first-order valence-electron chi connectivity index (χ1n) is 10.1. The van der Waals surface area contributed by atoms with Gasteiger partial charge in [0.1, 0.15) is 6.04 Å². The summed E-state index contributed by atoms with van der Waals surface area (Å²) in [5.74, 6) is -1.48. The van der Waals surface area contributed by atoms with Crippen LogP contribution in [0.25, 0.3) is 0 Å². The number of ether oxygens (including phenoxy) is 1. The molecule has 1 N–H and O–H groups in total. The maximum atomic E-state index is 12.7. The summed E-state index contributed by atoms with van der Waals surface area (Å²) in [5, 5.41) is 0. The average Bonchev–Trinajstić information content (AvgIpc) is 3.05. The number of carbonyl (C=O) groups excluding carboxylic acids is 2. The molecule has 1 saturated heterocycles. The molecule has 1 aromatic rings. The normalized spacial score (nSPS) is 20.1. The van der Waals surface area contributed by atoms with E-state index in [2.05, 4.69) is 4.72 Å². The number of nitrogens with zero attached hydrogens (tertiary/aromatic N) is 1. The quantitative estimate of drug-likeness (QED) is 0.529. The maximum Gasteiger partial charge on any atom is 0.324 e. The Morgan fingerprint density at radius 3 is 2.35 bits per heavy atom. The lowest BCUT2D eigenvalue weighted by molar-refractivity contribution is -0.154. The van der Waals surface area contributed by atoms with Gasteiger partial charge < -0.3 is 9.64 Å². The summed E-state index contributed by atoms with van der Waals surface area (Å²) in [7, 11) is -7.12. The van der Waals surface area contributed by atoms with E-state index in [1.165, 1.54) is 24.0 Å². The summed E-state index contributed by atoms with van der Waals surface area (Å²) in [6.45, 7) is 6.25. The molecule has 9 nitrogen and oxygen atoms in total. The zero-order valence-corrected chi connectivity index (χ0v) is 19.8. The summed E-state index contributed by atoms with van der Waals surface area (Å²) in [4.78, 5) is 26.5. The van der Waals surface area contributed by atoms with Crippen molar-refractivity contribution in [1.29, 1.82) is 0 Å². The van der Waals surface area contributed by atoms with Gasteiger partial charge in [-0.05, 0) is 45.7 Å². The van der Waals surface area contributed by atoms with E-state index in [1.54, 1.807) is 12.1 Å². The number of benzene rings is 1. The second-order valence-electron chi connectivity index (χ2n) is 7.88. The second-order valence-corrected chi connectivity index (χ2v) is 11.8. The molecule has 1 aromatic carbocycles. The average molecular weight is 475 g/mol. The van der Waals surface area contributed by atoms with Crippen molar-refractivity contribution in [1.82, 2.24) is 9.62 Å². The number of aryl methyl sites for hydroxylation is 1. The van der Waals surface area contributed by atoms with Crippen molar-refractivity contribution in [2.24, 2.45) is 0 Å². The monoisotopic (exact) mass is 474 g/mol. The Hall–Kier alpha value is -1.98. The van der Waals surface area contributed by atoms with Crippen LogP contribution in [-0.2, 0) is 34.2 Å². The Labute approximate surface area is 184 Å². The molecule has 0 radical (unpaired) electrons. The highest BCUT2D eigenvalue weighted by Crippen LogP contribution is 2.21. The lowest BCUT2D eigenvalue weighted by Gasteiger charge is -2.33. The van der Waals surface area contributed by atoms with E-state index in [-0.39, 0.29) is 22.4 Å². The van der Waals surface area contributed by atoms with E-state index in [9.17, 15) is 26.4 Å².